The maximum atomic E-state index is 12.9. The number of rotatable bonds is 6. The zero-order chi connectivity index (χ0) is 19.8. The van der Waals surface area contributed by atoms with E-state index in [9.17, 15) is 18.0 Å². The van der Waals surface area contributed by atoms with E-state index < -0.39 is 21.2 Å². The smallest absolute Gasteiger partial charge is 0.335 e. The quantitative estimate of drug-likeness (QED) is 0.607. The molecule has 8 nitrogen and oxygen atoms in total. The first kappa shape index (κ1) is 18.9. The maximum absolute atomic E-state index is 12.9. The molecule has 0 atom stereocenters. The summed E-state index contributed by atoms with van der Waals surface area (Å²) in [6.07, 6.45) is 0. The van der Waals surface area contributed by atoms with Crippen LogP contribution in [-0.2, 0) is 9.84 Å². The lowest BCUT2D eigenvalue weighted by Crippen LogP contribution is -2.10. The van der Waals surface area contributed by atoms with Gasteiger partial charge in [0.25, 0.3) is 0 Å². The lowest BCUT2D eigenvalue weighted by atomic mass is 10.1. The molecule has 0 radical (unpaired) electrons. The highest BCUT2D eigenvalue weighted by Crippen LogP contribution is 2.31. The Morgan fingerprint density at radius 1 is 1.19 bits per heavy atom. The molecule has 0 saturated heterocycles. The Bertz CT molecular complexity index is 1210. The van der Waals surface area contributed by atoms with Gasteiger partial charge < -0.3 is 19.4 Å². The molecule has 3 rings (SSSR count). The molecule has 2 aromatic carbocycles. The molecule has 0 spiro atoms. The Hall–Kier alpha value is -2.91. The van der Waals surface area contributed by atoms with E-state index in [1.807, 2.05) is 0 Å². The Morgan fingerprint density at radius 3 is 2.56 bits per heavy atom. The largest absolute Gasteiger partial charge is 0.487 e. The summed E-state index contributed by atoms with van der Waals surface area (Å²) < 4.78 is 35.6. The monoisotopic (exact) mass is 392 g/mol. The van der Waals surface area contributed by atoms with Crippen molar-refractivity contribution in [1.29, 1.82) is 0 Å². The molecule has 0 amide bonds. The van der Waals surface area contributed by atoms with Crippen LogP contribution in [-0.4, -0.2) is 43.6 Å². The molecule has 0 aliphatic carbocycles. The van der Waals surface area contributed by atoms with Crippen LogP contribution in [0.4, 0.5) is 0 Å². The van der Waals surface area contributed by atoms with E-state index in [2.05, 4.69) is 0 Å². The van der Waals surface area contributed by atoms with Crippen molar-refractivity contribution in [2.45, 2.75) is 11.8 Å². The SMILES string of the molecule is CCS(=O)(=O)c1cc(OCCO)c2oc3ccc(C(=O)O)cc3c(=O)c2c1. The van der Waals surface area contributed by atoms with E-state index in [-0.39, 0.29) is 57.1 Å². The number of aliphatic hydroxyl groups excluding tert-OH is 1. The molecule has 1 aromatic heterocycles. The zero-order valence-corrected chi connectivity index (χ0v) is 15.1. The third kappa shape index (κ3) is 3.38. The van der Waals surface area contributed by atoms with Gasteiger partial charge in [-0.05, 0) is 24.3 Å². The lowest BCUT2D eigenvalue weighted by molar-refractivity contribution is 0.0697. The highest BCUT2D eigenvalue weighted by molar-refractivity contribution is 7.91. The first-order chi connectivity index (χ1) is 12.8. The highest BCUT2D eigenvalue weighted by atomic mass is 32.2. The summed E-state index contributed by atoms with van der Waals surface area (Å²) in [6, 6.07) is 6.27. The molecule has 27 heavy (non-hydrogen) atoms. The fourth-order valence-corrected chi connectivity index (χ4v) is 3.56. The van der Waals surface area contributed by atoms with Crippen LogP contribution >= 0.6 is 0 Å². The van der Waals surface area contributed by atoms with Gasteiger partial charge in [0.05, 0.1) is 33.6 Å². The van der Waals surface area contributed by atoms with Gasteiger partial charge in [-0.3, -0.25) is 4.79 Å². The Labute approximate surface area is 153 Å². The van der Waals surface area contributed by atoms with Crippen LogP contribution in [0.5, 0.6) is 5.75 Å². The van der Waals surface area contributed by atoms with Gasteiger partial charge in [-0.25, -0.2) is 13.2 Å². The van der Waals surface area contributed by atoms with Crippen molar-refractivity contribution in [2.75, 3.05) is 19.0 Å². The summed E-state index contributed by atoms with van der Waals surface area (Å²) >= 11 is 0. The van der Waals surface area contributed by atoms with Gasteiger partial charge in [0.15, 0.2) is 21.2 Å². The first-order valence-electron chi connectivity index (χ1n) is 8.03. The topological polar surface area (TPSA) is 131 Å². The van der Waals surface area contributed by atoms with E-state index in [1.54, 1.807) is 0 Å². The molecule has 142 valence electrons. The molecular weight excluding hydrogens is 376 g/mol. The molecule has 0 aliphatic rings. The van der Waals surface area contributed by atoms with Gasteiger partial charge in [0.1, 0.15) is 12.2 Å². The maximum Gasteiger partial charge on any atom is 0.335 e. The highest BCUT2D eigenvalue weighted by Gasteiger charge is 2.20. The van der Waals surface area contributed by atoms with Crippen molar-refractivity contribution in [3.8, 4) is 5.75 Å². The molecule has 0 bridgehead atoms. The Balaban J connectivity index is 2.42. The summed E-state index contributed by atoms with van der Waals surface area (Å²) in [5, 5.41) is 18.1. The molecule has 0 saturated carbocycles. The van der Waals surface area contributed by atoms with Crippen LogP contribution in [0.2, 0.25) is 0 Å². The number of aliphatic hydroxyl groups is 1. The van der Waals surface area contributed by atoms with Gasteiger partial charge in [0.2, 0.25) is 5.43 Å². The van der Waals surface area contributed by atoms with Gasteiger partial charge in [-0.2, -0.15) is 0 Å². The van der Waals surface area contributed by atoms with E-state index in [0.29, 0.717) is 0 Å². The molecule has 9 heteroatoms. The molecule has 1 heterocycles. The summed E-state index contributed by atoms with van der Waals surface area (Å²) in [6.45, 7) is 1.03. The van der Waals surface area contributed by atoms with Crippen LogP contribution in [0.15, 0.2) is 44.4 Å². The summed E-state index contributed by atoms with van der Waals surface area (Å²) in [5.41, 5.74) is -0.504. The second-order valence-corrected chi connectivity index (χ2v) is 8.00. The van der Waals surface area contributed by atoms with Crippen LogP contribution in [0.25, 0.3) is 21.9 Å². The van der Waals surface area contributed by atoms with E-state index in [1.165, 1.54) is 37.3 Å². The Morgan fingerprint density at radius 2 is 1.93 bits per heavy atom. The number of fused-ring (bicyclic) bond motifs is 2. The standard InChI is InChI=1S/C18H16O8S/c1-2-27(23,24)11-8-13-16(20)12-7-10(18(21)22)3-4-14(12)26-17(13)15(9-11)25-6-5-19/h3-4,7-9,19H,2,5-6H2,1H3,(H,21,22). The molecule has 3 aromatic rings. The number of ether oxygens (including phenoxy) is 1. The van der Waals surface area contributed by atoms with Crippen LogP contribution < -0.4 is 10.2 Å². The molecule has 0 aliphatic heterocycles. The van der Waals surface area contributed by atoms with Crippen LogP contribution in [0.1, 0.15) is 17.3 Å². The van der Waals surface area contributed by atoms with Crippen LogP contribution in [0, 0.1) is 0 Å². The van der Waals surface area contributed by atoms with Crippen molar-refractivity contribution < 1.29 is 32.6 Å². The number of sulfone groups is 1. The lowest BCUT2D eigenvalue weighted by Gasteiger charge is -2.11. The summed E-state index contributed by atoms with van der Waals surface area (Å²) in [4.78, 5) is 23.9. The Kier molecular flexibility index (Phi) is 4.90. The molecule has 2 N–H and O–H groups in total. The minimum Gasteiger partial charge on any atom is -0.487 e. The number of aromatic carboxylic acids is 1. The number of benzene rings is 2. The number of carboxylic acids is 1. The van der Waals surface area contributed by atoms with Crippen molar-refractivity contribution in [3.63, 3.8) is 0 Å². The minimum atomic E-state index is -3.65. The normalized spacial score (nSPS) is 11.8. The third-order valence-corrected chi connectivity index (χ3v) is 5.76. The van der Waals surface area contributed by atoms with E-state index >= 15 is 0 Å². The van der Waals surface area contributed by atoms with Crippen molar-refractivity contribution >= 4 is 37.7 Å². The van der Waals surface area contributed by atoms with Gasteiger partial charge in [-0.15, -0.1) is 0 Å². The third-order valence-electron chi connectivity index (χ3n) is 4.04. The predicted molar refractivity (Wildman–Crippen MR) is 97.3 cm³/mol. The molecule has 0 unspecified atom stereocenters. The van der Waals surface area contributed by atoms with Gasteiger partial charge in [0, 0.05) is 6.07 Å². The average Bonchev–Trinajstić information content (AvgIpc) is 2.66. The predicted octanol–water partition coefficient (Wildman–Crippen LogP) is 1.81. The second kappa shape index (κ2) is 7.01. The van der Waals surface area contributed by atoms with Crippen molar-refractivity contribution in [3.05, 3.63) is 46.1 Å². The van der Waals surface area contributed by atoms with Gasteiger partial charge >= 0.3 is 5.97 Å². The van der Waals surface area contributed by atoms with Crippen LogP contribution in [0.3, 0.4) is 0 Å². The van der Waals surface area contributed by atoms with Crippen molar-refractivity contribution in [1.82, 2.24) is 0 Å². The number of hydrogen-bond donors (Lipinski definition) is 2. The summed E-state index contributed by atoms with van der Waals surface area (Å²) in [7, 11) is -3.65. The zero-order valence-electron chi connectivity index (χ0n) is 14.3. The average molecular weight is 392 g/mol. The fourth-order valence-electron chi connectivity index (χ4n) is 2.64. The van der Waals surface area contributed by atoms with E-state index in [4.69, 9.17) is 19.4 Å². The molecular formula is C18H16O8S. The number of carboxylic acid groups (broad SMARTS) is 1. The first-order valence-corrected chi connectivity index (χ1v) is 9.68. The minimum absolute atomic E-state index is 0.00915. The van der Waals surface area contributed by atoms with E-state index in [0.717, 1.165) is 0 Å². The molecule has 0 fully saturated rings. The van der Waals surface area contributed by atoms with Gasteiger partial charge in [-0.1, -0.05) is 6.92 Å². The summed E-state index contributed by atoms with van der Waals surface area (Å²) in [5.74, 6) is -1.37. The van der Waals surface area contributed by atoms with Crippen molar-refractivity contribution in [2.24, 2.45) is 0 Å². The second-order valence-electron chi connectivity index (χ2n) is 5.72. The number of carbonyl (C=O) groups is 1. The number of hydrogen-bond acceptors (Lipinski definition) is 7. The fraction of sp³-hybridized carbons (Fsp3) is 0.222.